The Morgan fingerprint density at radius 1 is 1.16 bits per heavy atom. The van der Waals surface area contributed by atoms with Gasteiger partial charge in [-0.2, -0.15) is 0 Å². The number of ether oxygens (including phenoxy) is 3. The van der Waals surface area contributed by atoms with Crippen LogP contribution in [0.25, 0.3) is 0 Å². The van der Waals surface area contributed by atoms with Crippen molar-refractivity contribution >= 4 is 0 Å². The summed E-state index contributed by atoms with van der Waals surface area (Å²) in [6.45, 7) is 4.14. The van der Waals surface area contributed by atoms with Crippen molar-refractivity contribution < 1.29 is 24.2 Å². The highest BCUT2D eigenvalue weighted by Crippen LogP contribution is 2.29. The fourth-order valence-electron chi connectivity index (χ4n) is 3.51. The summed E-state index contributed by atoms with van der Waals surface area (Å²) in [5.41, 5.74) is 0. The maximum atomic E-state index is 10.0. The van der Waals surface area contributed by atoms with Crippen LogP contribution in [0.2, 0.25) is 0 Å². The van der Waals surface area contributed by atoms with E-state index in [0.717, 1.165) is 25.8 Å². The van der Waals surface area contributed by atoms with E-state index in [1.165, 1.54) is 30.8 Å². The lowest BCUT2D eigenvalue weighted by molar-refractivity contribution is -0.890. The van der Waals surface area contributed by atoms with E-state index in [9.17, 15) is 5.11 Å². The first-order valence-electron chi connectivity index (χ1n) is 7.67. The van der Waals surface area contributed by atoms with Crippen LogP contribution in [-0.4, -0.2) is 62.6 Å². The van der Waals surface area contributed by atoms with Gasteiger partial charge in [-0.05, 0) is 12.8 Å². The largest absolute Gasteiger partial charge is 0.385 e. The van der Waals surface area contributed by atoms with Crippen LogP contribution in [-0.2, 0) is 14.2 Å². The fourth-order valence-corrected chi connectivity index (χ4v) is 3.51. The molecule has 0 bridgehead atoms. The molecule has 2 saturated heterocycles. The maximum absolute atomic E-state index is 10.0. The molecule has 0 aromatic heterocycles. The van der Waals surface area contributed by atoms with Crippen molar-refractivity contribution in [3.63, 3.8) is 0 Å². The number of quaternary nitrogens is 1. The van der Waals surface area contributed by atoms with Crippen LogP contribution in [0.1, 0.15) is 32.1 Å². The van der Waals surface area contributed by atoms with Gasteiger partial charge in [0.05, 0.1) is 38.0 Å². The van der Waals surface area contributed by atoms with E-state index in [4.69, 9.17) is 14.2 Å². The average molecular weight is 272 g/mol. The third-order valence-corrected chi connectivity index (χ3v) is 4.61. The molecule has 2 N–H and O–H groups in total. The highest BCUT2D eigenvalue weighted by molar-refractivity contribution is 4.84. The van der Waals surface area contributed by atoms with Crippen molar-refractivity contribution in [2.24, 2.45) is 0 Å². The first-order chi connectivity index (χ1) is 9.31. The number of likely N-dealkylation sites (tertiary alicyclic amines) is 1. The predicted molar refractivity (Wildman–Crippen MR) is 69.0 cm³/mol. The van der Waals surface area contributed by atoms with Crippen LogP contribution >= 0.6 is 0 Å². The summed E-state index contributed by atoms with van der Waals surface area (Å²) in [5, 5.41) is 10.0. The SMILES string of the molecule is O[C@H](COC1CCC2OCOC2C1)C[NH+]1CCCC1. The van der Waals surface area contributed by atoms with E-state index in [1.807, 2.05) is 0 Å². The highest BCUT2D eigenvalue weighted by Gasteiger charge is 2.36. The van der Waals surface area contributed by atoms with Gasteiger partial charge in [-0.15, -0.1) is 0 Å². The number of nitrogens with one attached hydrogen (secondary N) is 1. The van der Waals surface area contributed by atoms with Crippen molar-refractivity contribution in [2.75, 3.05) is 33.0 Å². The normalized spacial score (nSPS) is 37.4. The Labute approximate surface area is 114 Å². The molecule has 0 radical (unpaired) electrons. The van der Waals surface area contributed by atoms with E-state index in [2.05, 4.69) is 0 Å². The zero-order valence-corrected chi connectivity index (χ0v) is 11.6. The van der Waals surface area contributed by atoms with Crippen molar-refractivity contribution in [1.29, 1.82) is 0 Å². The Morgan fingerprint density at radius 3 is 2.79 bits per heavy atom. The minimum atomic E-state index is -0.327. The monoisotopic (exact) mass is 272 g/mol. The summed E-state index contributed by atoms with van der Waals surface area (Å²) in [4.78, 5) is 1.52. The molecule has 2 heterocycles. The molecule has 3 aliphatic rings. The second-order valence-corrected chi connectivity index (χ2v) is 6.11. The molecule has 5 heteroatoms. The van der Waals surface area contributed by atoms with E-state index in [0.29, 0.717) is 13.4 Å². The van der Waals surface area contributed by atoms with E-state index < -0.39 is 0 Å². The molecule has 19 heavy (non-hydrogen) atoms. The number of hydrogen-bond donors (Lipinski definition) is 2. The zero-order chi connectivity index (χ0) is 13.1. The second-order valence-electron chi connectivity index (χ2n) is 6.11. The molecule has 4 atom stereocenters. The molecular weight excluding hydrogens is 246 g/mol. The van der Waals surface area contributed by atoms with Gasteiger partial charge < -0.3 is 24.2 Å². The van der Waals surface area contributed by atoms with Gasteiger partial charge in [0, 0.05) is 19.3 Å². The number of aliphatic hydroxyl groups excluding tert-OH is 1. The van der Waals surface area contributed by atoms with Gasteiger partial charge in [0.25, 0.3) is 0 Å². The van der Waals surface area contributed by atoms with Gasteiger partial charge in [-0.1, -0.05) is 0 Å². The van der Waals surface area contributed by atoms with Crippen LogP contribution in [0.3, 0.4) is 0 Å². The van der Waals surface area contributed by atoms with Gasteiger partial charge in [0.1, 0.15) is 19.4 Å². The summed E-state index contributed by atoms with van der Waals surface area (Å²) in [6.07, 6.45) is 5.93. The van der Waals surface area contributed by atoms with Crippen molar-refractivity contribution in [3.8, 4) is 0 Å². The third kappa shape index (κ3) is 3.67. The molecule has 1 aliphatic carbocycles. The van der Waals surface area contributed by atoms with Crippen LogP contribution in [0.4, 0.5) is 0 Å². The number of fused-ring (bicyclic) bond motifs is 1. The molecule has 0 amide bonds. The Morgan fingerprint density at radius 2 is 1.95 bits per heavy atom. The minimum Gasteiger partial charge on any atom is -0.385 e. The lowest BCUT2D eigenvalue weighted by atomic mass is 9.92. The van der Waals surface area contributed by atoms with E-state index >= 15 is 0 Å². The fraction of sp³-hybridized carbons (Fsp3) is 1.00. The van der Waals surface area contributed by atoms with Crippen LogP contribution in [0.5, 0.6) is 0 Å². The number of aliphatic hydroxyl groups is 1. The van der Waals surface area contributed by atoms with Crippen molar-refractivity contribution in [1.82, 2.24) is 0 Å². The van der Waals surface area contributed by atoms with Gasteiger partial charge >= 0.3 is 0 Å². The zero-order valence-electron chi connectivity index (χ0n) is 11.6. The molecular formula is C14H26NO4+. The Hall–Kier alpha value is -0.200. The molecule has 110 valence electrons. The van der Waals surface area contributed by atoms with Gasteiger partial charge in [-0.25, -0.2) is 0 Å². The Balaban J connectivity index is 1.35. The molecule has 3 unspecified atom stereocenters. The number of hydrogen-bond acceptors (Lipinski definition) is 4. The summed E-state index contributed by atoms with van der Waals surface area (Å²) in [5.74, 6) is 0. The highest BCUT2D eigenvalue weighted by atomic mass is 16.7. The standard InChI is InChI=1S/C14H25NO4/c16-11(8-15-5-1-2-6-15)9-17-12-3-4-13-14(7-12)19-10-18-13/h11-14,16H,1-10H2/p+1/t11-,12?,13?,14?/m0/s1. The smallest absolute Gasteiger partial charge is 0.147 e. The first kappa shape index (κ1) is 13.8. The summed E-state index contributed by atoms with van der Waals surface area (Å²) < 4.78 is 16.9. The first-order valence-corrected chi connectivity index (χ1v) is 7.67. The van der Waals surface area contributed by atoms with Crippen molar-refractivity contribution in [3.05, 3.63) is 0 Å². The number of rotatable bonds is 5. The summed E-state index contributed by atoms with van der Waals surface area (Å²) in [7, 11) is 0. The van der Waals surface area contributed by atoms with E-state index in [1.54, 1.807) is 0 Å². The third-order valence-electron chi connectivity index (χ3n) is 4.61. The summed E-state index contributed by atoms with van der Waals surface area (Å²) in [6, 6.07) is 0. The lowest BCUT2D eigenvalue weighted by Gasteiger charge is -2.30. The second kappa shape index (κ2) is 6.50. The Kier molecular flexibility index (Phi) is 4.71. The quantitative estimate of drug-likeness (QED) is 0.697. The molecule has 0 aromatic rings. The van der Waals surface area contributed by atoms with Crippen molar-refractivity contribution in [2.45, 2.75) is 56.5 Å². The molecule has 0 spiro atoms. The van der Waals surface area contributed by atoms with Crippen LogP contribution in [0.15, 0.2) is 0 Å². The predicted octanol–water partition coefficient (Wildman–Crippen LogP) is -0.663. The molecule has 0 aromatic carbocycles. The van der Waals surface area contributed by atoms with Crippen LogP contribution < -0.4 is 4.90 Å². The van der Waals surface area contributed by atoms with E-state index in [-0.39, 0.29) is 24.4 Å². The van der Waals surface area contributed by atoms with Crippen LogP contribution in [0, 0.1) is 0 Å². The van der Waals surface area contributed by atoms with Gasteiger partial charge in [-0.3, -0.25) is 0 Å². The van der Waals surface area contributed by atoms with Gasteiger partial charge in [0.2, 0.25) is 0 Å². The average Bonchev–Trinajstić information content (AvgIpc) is 3.06. The summed E-state index contributed by atoms with van der Waals surface area (Å²) >= 11 is 0. The molecule has 1 saturated carbocycles. The van der Waals surface area contributed by atoms with Gasteiger partial charge in [0.15, 0.2) is 0 Å². The molecule has 5 nitrogen and oxygen atoms in total. The Bertz CT molecular complexity index is 283. The minimum absolute atomic E-state index is 0.208. The molecule has 2 aliphatic heterocycles. The lowest BCUT2D eigenvalue weighted by Crippen LogP contribution is -3.11. The maximum Gasteiger partial charge on any atom is 0.147 e. The topological polar surface area (TPSA) is 52.4 Å². The molecule has 3 rings (SSSR count). The molecule has 3 fully saturated rings.